The van der Waals surface area contributed by atoms with Crippen LogP contribution in [0.1, 0.15) is 36.1 Å². The van der Waals surface area contributed by atoms with E-state index in [1.54, 1.807) is 21.0 Å². The van der Waals surface area contributed by atoms with Crippen LogP contribution >= 0.6 is 0 Å². The summed E-state index contributed by atoms with van der Waals surface area (Å²) in [6.07, 6.45) is 0.386. The summed E-state index contributed by atoms with van der Waals surface area (Å²) in [7, 11) is 1.54. The van der Waals surface area contributed by atoms with Crippen LogP contribution in [0.15, 0.2) is 12.1 Å². The first kappa shape index (κ1) is 19.9. The fourth-order valence-electron chi connectivity index (χ4n) is 2.73. The molecule has 1 rings (SSSR count). The van der Waals surface area contributed by atoms with Crippen LogP contribution in [0, 0.1) is 20.8 Å². The molecule has 1 aromatic carbocycles. The molecule has 1 aromatic rings. The number of methoxy groups -OCH3 is 1. The van der Waals surface area contributed by atoms with Gasteiger partial charge in [0.1, 0.15) is 0 Å². The van der Waals surface area contributed by atoms with Crippen molar-refractivity contribution in [3.8, 4) is 0 Å². The van der Waals surface area contributed by atoms with E-state index in [0.717, 1.165) is 16.7 Å². The Morgan fingerprint density at radius 1 is 1.17 bits per heavy atom. The molecule has 0 aliphatic rings. The van der Waals surface area contributed by atoms with Gasteiger partial charge in [-0.1, -0.05) is 0 Å². The average Bonchev–Trinajstić information content (AvgIpc) is 2.43. The number of hydrogen-bond donors (Lipinski definition) is 0. The number of carbonyl (C=O) groups is 2. The Hall–Kier alpha value is -1.12. The Balaban J connectivity index is 2.91. The zero-order valence-corrected chi connectivity index (χ0v) is 17.0. The molecule has 128 valence electrons. The summed E-state index contributed by atoms with van der Waals surface area (Å²) in [5.41, 5.74) is 4.54. The molecule has 0 radical (unpaired) electrons. The summed E-state index contributed by atoms with van der Waals surface area (Å²) >= 11 is -1.20. The quantitative estimate of drug-likeness (QED) is 0.512. The second kappa shape index (κ2) is 8.65. The SMILES string of the molecule is CCOC(=O)C(C)(COC)[AsH]C(=O)Cc1c(C)cc(C)cc1C. The van der Waals surface area contributed by atoms with Crippen molar-refractivity contribution in [2.45, 2.75) is 45.2 Å². The first-order valence-electron chi connectivity index (χ1n) is 7.77. The molecule has 0 spiro atoms. The van der Waals surface area contributed by atoms with Crippen molar-refractivity contribution in [1.82, 2.24) is 0 Å². The first-order valence-corrected chi connectivity index (χ1v) is 9.87. The Bertz CT molecular complexity index is 559. The first-order chi connectivity index (χ1) is 10.7. The van der Waals surface area contributed by atoms with Crippen LogP contribution in [0.3, 0.4) is 0 Å². The van der Waals surface area contributed by atoms with E-state index in [9.17, 15) is 9.59 Å². The van der Waals surface area contributed by atoms with Crippen molar-refractivity contribution in [2.24, 2.45) is 0 Å². The normalized spacial score (nSPS) is 14.0. The molecule has 2 unspecified atom stereocenters. The monoisotopic (exact) mass is 382 g/mol. The third-order valence-electron chi connectivity index (χ3n) is 3.75. The number of carbonyl (C=O) groups excluding carboxylic acids is 2. The third-order valence-corrected chi connectivity index (χ3v) is 6.60. The standard InChI is InChI=1S/C18H27AsO4/c1-7-23-17(21)18(5,11-22-6)19-16(20)10-15-13(3)8-12(2)9-14(15)4/h8-9,19H,7,10-11H2,1-6H3. The number of ether oxygens (including phenoxy) is 2. The van der Waals surface area contributed by atoms with Gasteiger partial charge in [0.15, 0.2) is 0 Å². The van der Waals surface area contributed by atoms with Crippen molar-refractivity contribution in [2.75, 3.05) is 20.3 Å². The van der Waals surface area contributed by atoms with Crippen LogP contribution in [0.4, 0.5) is 0 Å². The molecule has 0 heterocycles. The van der Waals surface area contributed by atoms with Crippen molar-refractivity contribution < 1.29 is 19.1 Å². The van der Waals surface area contributed by atoms with Crippen molar-refractivity contribution >= 4 is 26.3 Å². The van der Waals surface area contributed by atoms with Gasteiger partial charge < -0.3 is 0 Å². The number of aryl methyl sites for hydroxylation is 3. The Labute approximate surface area is 145 Å². The predicted octanol–water partition coefficient (Wildman–Crippen LogP) is 2.51. The summed E-state index contributed by atoms with van der Waals surface area (Å²) in [5.74, 6) is -0.326. The van der Waals surface area contributed by atoms with E-state index in [4.69, 9.17) is 9.47 Å². The summed E-state index contributed by atoms with van der Waals surface area (Å²) in [6, 6.07) is 4.19. The molecule has 0 amide bonds. The van der Waals surface area contributed by atoms with Crippen LogP contribution in [-0.4, -0.2) is 46.6 Å². The molecule has 0 fully saturated rings. The molecule has 23 heavy (non-hydrogen) atoms. The fraction of sp³-hybridized carbons (Fsp3) is 0.556. The van der Waals surface area contributed by atoms with E-state index < -0.39 is 20.0 Å². The molecular weight excluding hydrogens is 355 g/mol. The van der Waals surface area contributed by atoms with Crippen LogP contribution in [0.25, 0.3) is 0 Å². The van der Waals surface area contributed by atoms with Gasteiger partial charge in [-0.15, -0.1) is 0 Å². The minimum absolute atomic E-state index is 0.146. The average molecular weight is 382 g/mol. The second-order valence-corrected chi connectivity index (χ2v) is 10.1. The summed E-state index contributed by atoms with van der Waals surface area (Å²) < 4.78 is 9.64. The van der Waals surface area contributed by atoms with Gasteiger partial charge in [0.2, 0.25) is 0 Å². The van der Waals surface area contributed by atoms with Crippen LogP contribution in [0.2, 0.25) is 4.20 Å². The van der Waals surface area contributed by atoms with Gasteiger partial charge in [0, 0.05) is 0 Å². The van der Waals surface area contributed by atoms with Crippen LogP contribution < -0.4 is 0 Å². The van der Waals surface area contributed by atoms with E-state index in [-0.39, 0.29) is 17.1 Å². The third kappa shape index (κ3) is 5.47. The molecule has 0 N–H and O–H groups in total. The molecule has 5 heteroatoms. The molecule has 4 nitrogen and oxygen atoms in total. The van der Waals surface area contributed by atoms with Crippen molar-refractivity contribution in [1.29, 1.82) is 0 Å². The van der Waals surface area contributed by atoms with Crippen LogP contribution in [0.5, 0.6) is 0 Å². The number of rotatable bonds is 8. The summed E-state index contributed by atoms with van der Waals surface area (Å²) in [6.45, 7) is 10.2. The van der Waals surface area contributed by atoms with Crippen molar-refractivity contribution in [3.63, 3.8) is 0 Å². The van der Waals surface area contributed by atoms with Gasteiger partial charge in [-0.3, -0.25) is 0 Å². The van der Waals surface area contributed by atoms with Gasteiger partial charge >= 0.3 is 145 Å². The van der Waals surface area contributed by atoms with E-state index in [1.807, 2.05) is 13.8 Å². The molecule has 2 atom stereocenters. The second-order valence-electron chi connectivity index (χ2n) is 6.09. The molecule has 0 saturated heterocycles. The van der Waals surface area contributed by atoms with Crippen LogP contribution in [-0.2, 0) is 25.5 Å². The fourth-order valence-corrected chi connectivity index (χ4v) is 5.39. The van der Waals surface area contributed by atoms with E-state index >= 15 is 0 Å². The van der Waals surface area contributed by atoms with Gasteiger partial charge in [-0.05, 0) is 0 Å². The molecule has 0 aliphatic heterocycles. The number of hydrogen-bond acceptors (Lipinski definition) is 4. The predicted molar refractivity (Wildman–Crippen MR) is 93.4 cm³/mol. The topological polar surface area (TPSA) is 52.6 Å². The molecule has 0 bridgehead atoms. The Morgan fingerprint density at radius 2 is 1.74 bits per heavy atom. The zero-order chi connectivity index (χ0) is 17.6. The summed E-state index contributed by atoms with van der Waals surface area (Å²) in [5, 5.41) is 0. The zero-order valence-electron chi connectivity index (χ0n) is 14.9. The van der Waals surface area contributed by atoms with Gasteiger partial charge in [-0.2, -0.15) is 0 Å². The number of esters is 1. The minimum atomic E-state index is -1.20. The van der Waals surface area contributed by atoms with Gasteiger partial charge in [-0.25, -0.2) is 0 Å². The van der Waals surface area contributed by atoms with E-state index in [2.05, 4.69) is 19.1 Å². The summed E-state index contributed by atoms with van der Waals surface area (Å²) in [4.78, 5) is 24.8. The molecule has 0 aromatic heterocycles. The molecule has 0 aliphatic carbocycles. The van der Waals surface area contributed by atoms with E-state index in [0.29, 0.717) is 13.0 Å². The molecular formula is C18H27AsO4. The van der Waals surface area contributed by atoms with Gasteiger partial charge in [0.25, 0.3) is 0 Å². The van der Waals surface area contributed by atoms with Gasteiger partial charge in [0.05, 0.1) is 0 Å². The maximum atomic E-state index is 12.6. The number of benzene rings is 1. The molecule has 0 saturated carbocycles. The van der Waals surface area contributed by atoms with Crippen molar-refractivity contribution in [3.05, 3.63) is 34.4 Å². The Kier molecular flexibility index (Phi) is 7.50. The maximum absolute atomic E-state index is 12.6. The van der Waals surface area contributed by atoms with E-state index in [1.165, 1.54) is 5.56 Å². The Morgan fingerprint density at radius 3 is 2.22 bits per heavy atom.